The summed E-state index contributed by atoms with van der Waals surface area (Å²) in [5.74, 6) is 0.942. The predicted octanol–water partition coefficient (Wildman–Crippen LogP) is 3.92. The van der Waals surface area contributed by atoms with Gasteiger partial charge in [-0.3, -0.25) is 5.10 Å². The van der Waals surface area contributed by atoms with Crippen molar-refractivity contribution in [2.24, 2.45) is 0 Å². The summed E-state index contributed by atoms with van der Waals surface area (Å²) in [7, 11) is 0. The molecule has 0 atom stereocenters. The second-order valence-electron chi connectivity index (χ2n) is 5.25. The molecule has 22 heavy (non-hydrogen) atoms. The van der Waals surface area contributed by atoms with Crippen LogP contribution < -0.4 is 0 Å². The number of nitrogens with one attached hydrogen (secondary N) is 1. The molecule has 0 bridgehead atoms. The molecule has 2 aromatic rings. The van der Waals surface area contributed by atoms with E-state index in [2.05, 4.69) is 33.5 Å². The second kappa shape index (κ2) is 8.46. The Kier molecular flexibility index (Phi) is 6.61. The lowest BCUT2D eigenvalue weighted by molar-refractivity contribution is 0.292. The lowest BCUT2D eigenvalue weighted by Crippen LogP contribution is -2.25. The van der Waals surface area contributed by atoms with E-state index in [0.29, 0.717) is 11.2 Å². The first-order valence-corrected chi connectivity index (χ1v) is 8.54. The zero-order valence-electron chi connectivity index (χ0n) is 13.2. The standard InChI is InChI=1S/C16H23ClN4S/c1-3-20(4-2)10-7-11-21-15(18-19-16(21)22)12-13-8-5-6-9-14(13)17/h5-6,8-9H,3-4,7,10-12H2,1-2H3,(H,19,22). The second-order valence-corrected chi connectivity index (χ2v) is 6.04. The minimum atomic E-state index is 0.682. The van der Waals surface area contributed by atoms with Gasteiger partial charge in [-0.05, 0) is 49.9 Å². The number of aromatic nitrogens is 3. The van der Waals surface area contributed by atoms with Crippen molar-refractivity contribution in [1.82, 2.24) is 19.7 Å². The van der Waals surface area contributed by atoms with Crippen molar-refractivity contribution in [3.05, 3.63) is 45.4 Å². The van der Waals surface area contributed by atoms with E-state index >= 15 is 0 Å². The normalized spacial score (nSPS) is 11.3. The van der Waals surface area contributed by atoms with Gasteiger partial charge >= 0.3 is 0 Å². The van der Waals surface area contributed by atoms with Gasteiger partial charge in [0.25, 0.3) is 0 Å². The molecule has 0 aliphatic heterocycles. The predicted molar refractivity (Wildman–Crippen MR) is 94.1 cm³/mol. The molecule has 1 aromatic carbocycles. The van der Waals surface area contributed by atoms with Crippen LogP contribution >= 0.6 is 23.8 Å². The summed E-state index contributed by atoms with van der Waals surface area (Å²) >= 11 is 11.6. The highest BCUT2D eigenvalue weighted by Gasteiger charge is 2.09. The highest BCUT2D eigenvalue weighted by atomic mass is 35.5. The molecule has 0 saturated heterocycles. The molecule has 2 rings (SSSR count). The third-order valence-corrected chi connectivity index (χ3v) is 4.57. The quantitative estimate of drug-likeness (QED) is 0.741. The Morgan fingerprint density at radius 1 is 1.27 bits per heavy atom. The van der Waals surface area contributed by atoms with Gasteiger partial charge in [0.2, 0.25) is 0 Å². The van der Waals surface area contributed by atoms with Gasteiger partial charge in [-0.15, -0.1) is 0 Å². The first-order chi connectivity index (χ1) is 10.7. The highest BCUT2D eigenvalue weighted by Crippen LogP contribution is 2.18. The van der Waals surface area contributed by atoms with Gasteiger partial charge in [0.15, 0.2) is 4.77 Å². The van der Waals surface area contributed by atoms with Crippen molar-refractivity contribution in [1.29, 1.82) is 0 Å². The molecule has 1 N–H and O–H groups in total. The number of aromatic amines is 1. The summed E-state index contributed by atoms with van der Waals surface area (Å²) in [5, 5.41) is 8.04. The van der Waals surface area contributed by atoms with Gasteiger partial charge in [0, 0.05) is 18.0 Å². The number of halogens is 1. The van der Waals surface area contributed by atoms with Crippen LogP contribution in [0.4, 0.5) is 0 Å². The largest absolute Gasteiger partial charge is 0.304 e. The molecule has 6 heteroatoms. The van der Waals surface area contributed by atoms with Crippen molar-refractivity contribution in [3.8, 4) is 0 Å². The molecule has 0 fully saturated rings. The maximum atomic E-state index is 6.24. The van der Waals surface area contributed by atoms with Gasteiger partial charge in [0.05, 0.1) is 0 Å². The van der Waals surface area contributed by atoms with Gasteiger partial charge < -0.3 is 9.47 Å². The Labute approximate surface area is 142 Å². The summed E-state index contributed by atoms with van der Waals surface area (Å²) in [6, 6.07) is 7.86. The molecule has 0 aliphatic carbocycles. The van der Waals surface area contributed by atoms with Crippen LogP contribution in [0.25, 0.3) is 0 Å². The van der Waals surface area contributed by atoms with E-state index < -0.39 is 0 Å². The minimum Gasteiger partial charge on any atom is -0.304 e. The van der Waals surface area contributed by atoms with Crippen LogP contribution in [0.2, 0.25) is 5.02 Å². The maximum absolute atomic E-state index is 6.24. The van der Waals surface area contributed by atoms with Gasteiger partial charge in [-0.25, -0.2) is 0 Å². The van der Waals surface area contributed by atoms with Gasteiger partial charge in [-0.1, -0.05) is 43.6 Å². The lowest BCUT2D eigenvalue weighted by atomic mass is 10.1. The fourth-order valence-electron chi connectivity index (χ4n) is 2.52. The van der Waals surface area contributed by atoms with E-state index in [1.165, 1.54) is 0 Å². The molecule has 1 aromatic heterocycles. The van der Waals surface area contributed by atoms with Crippen LogP contribution in [0.15, 0.2) is 24.3 Å². The Bertz CT molecular complexity index is 646. The molecule has 0 unspecified atom stereocenters. The molecule has 0 spiro atoms. The van der Waals surface area contributed by atoms with Crippen LogP contribution in [0.1, 0.15) is 31.7 Å². The summed E-state index contributed by atoms with van der Waals surface area (Å²) in [5.41, 5.74) is 1.07. The van der Waals surface area contributed by atoms with E-state index in [0.717, 1.165) is 49.0 Å². The SMILES string of the molecule is CCN(CC)CCCn1c(Cc2ccccc2Cl)n[nH]c1=S. The van der Waals surface area contributed by atoms with Crippen LogP contribution in [0.3, 0.4) is 0 Å². The molecule has 120 valence electrons. The molecule has 0 amide bonds. The Morgan fingerprint density at radius 2 is 2.00 bits per heavy atom. The number of nitrogens with zero attached hydrogens (tertiary/aromatic N) is 3. The number of benzene rings is 1. The molecule has 0 radical (unpaired) electrons. The zero-order valence-corrected chi connectivity index (χ0v) is 14.8. The van der Waals surface area contributed by atoms with E-state index in [4.69, 9.17) is 23.8 Å². The molecule has 4 nitrogen and oxygen atoms in total. The number of hydrogen-bond donors (Lipinski definition) is 1. The average Bonchev–Trinajstić information content (AvgIpc) is 2.87. The Morgan fingerprint density at radius 3 is 2.68 bits per heavy atom. The summed E-state index contributed by atoms with van der Waals surface area (Å²) in [6.07, 6.45) is 1.75. The van der Waals surface area contributed by atoms with Crippen molar-refractivity contribution >= 4 is 23.8 Å². The molecular weight excluding hydrogens is 316 g/mol. The molecule has 1 heterocycles. The zero-order chi connectivity index (χ0) is 15.9. The fourth-order valence-corrected chi connectivity index (χ4v) is 2.97. The summed E-state index contributed by atoms with van der Waals surface area (Å²) in [6.45, 7) is 8.50. The van der Waals surface area contributed by atoms with Gasteiger partial charge in [-0.2, -0.15) is 5.10 Å². The molecular formula is C16H23ClN4S. The van der Waals surface area contributed by atoms with E-state index in [1.807, 2.05) is 24.3 Å². The lowest BCUT2D eigenvalue weighted by Gasteiger charge is -2.18. The topological polar surface area (TPSA) is 36.9 Å². The van der Waals surface area contributed by atoms with Crippen molar-refractivity contribution in [2.75, 3.05) is 19.6 Å². The van der Waals surface area contributed by atoms with Gasteiger partial charge in [0.1, 0.15) is 5.82 Å². The third-order valence-electron chi connectivity index (χ3n) is 3.89. The smallest absolute Gasteiger partial charge is 0.195 e. The first kappa shape index (κ1) is 17.2. The van der Waals surface area contributed by atoms with E-state index in [-0.39, 0.29) is 0 Å². The van der Waals surface area contributed by atoms with E-state index in [9.17, 15) is 0 Å². The molecule has 0 saturated carbocycles. The number of H-pyrrole nitrogens is 1. The number of hydrogen-bond acceptors (Lipinski definition) is 3. The number of rotatable bonds is 8. The highest BCUT2D eigenvalue weighted by molar-refractivity contribution is 7.71. The Hall–Kier alpha value is -1.17. The third kappa shape index (κ3) is 4.41. The minimum absolute atomic E-state index is 0.682. The van der Waals surface area contributed by atoms with Crippen LogP contribution in [-0.2, 0) is 13.0 Å². The van der Waals surface area contributed by atoms with Crippen molar-refractivity contribution in [2.45, 2.75) is 33.2 Å². The van der Waals surface area contributed by atoms with Crippen LogP contribution in [0, 0.1) is 4.77 Å². The van der Waals surface area contributed by atoms with Crippen LogP contribution in [-0.4, -0.2) is 39.3 Å². The maximum Gasteiger partial charge on any atom is 0.195 e. The van der Waals surface area contributed by atoms with E-state index in [1.54, 1.807) is 0 Å². The first-order valence-electron chi connectivity index (χ1n) is 7.75. The average molecular weight is 339 g/mol. The summed E-state index contributed by atoms with van der Waals surface area (Å²) in [4.78, 5) is 2.41. The monoisotopic (exact) mass is 338 g/mol. The molecule has 0 aliphatic rings. The fraction of sp³-hybridized carbons (Fsp3) is 0.500. The van der Waals surface area contributed by atoms with Crippen molar-refractivity contribution in [3.63, 3.8) is 0 Å². The van der Waals surface area contributed by atoms with Crippen LogP contribution in [0.5, 0.6) is 0 Å². The summed E-state index contributed by atoms with van der Waals surface area (Å²) < 4.78 is 2.77. The Balaban J connectivity index is 2.05. The van der Waals surface area contributed by atoms with Crippen molar-refractivity contribution < 1.29 is 0 Å².